The van der Waals surface area contributed by atoms with Gasteiger partial charge in [0.15, 0.2) is 0 Å². The van der Waals surface area contributed by atoms with Crippen molar-refractivity contribution in [1.29, 1.82) is 0 Å². The molecule has 1 aliphatic rings. The number of pyridine rings is 1. The van der Waals surface area contributed by atoms with E-state index in [9.17, 15) is 18.0 Å². The molecule has 23 heavy (non-hydrogen) atoms. The fourth-order valence-corrected chi connectivity index (χ4v) is 2.08. The van der Waals surface area contributed by atoms with Crippen LogP contribution in [0.25, 0.3) is 0 Å². The molecule has 2 aromatic heterocycles. The molecule has 0 aromatic carbocycles. The highest BCUT2D eigenvalue weighted by Gasteiger charge is 2.35. The summed E-state index contributed by atoms with van der Waals surface area (Å²) in [5.41, 5.74) is -1.01. The van der Waals surface area contributed by atoms with Gasteiger partial charge in [-0.05, 0) is 6.07 Å². The van der Waals surface area contributed by atoms with Crippen LogP contribution in [0.3, 0.4) is 0 Å². The van der Waals surface area contributed by atoms with Gasteiger partial charge in [0, 0.05) is 6.07 Å². The van der Waals surface area contributed by atoms with E-state index in [4.69, 9.17) is 4.74 Å². The first-order valence-electron chi connectivity index (χ1n) is 6.73. The molecule has 3 heterocycles. The van der Waals surface area contributed by atoms with E-state index in [0.717, 1.165) is 6.07 Å². The minimum atomic E-state index is -4.52. The molecule has 0 radical (unpaired) electrons. The first kappa shape index (κ1) is 15.3. The van der Waals surface area contributed by atoms with Crippen LogP contribution < -0.4 is 4.74 Å². The molecule has 1 saturated heterocycles. The van der Waals surface area contributed by atoms with Crippen molar-refractivity contribution in [3.63, 3.8) is 0 Å². The van der Waals surface area contributed by atoms with E-state index in [-0.39, 0.29) is 24.4 Å². The summed E-state index contributed by atoms with van der Waals surface area (Å²) < 4.78 is 44.5. The Morgan fingerprint density at radius 2 is 2.13 bits per heavy atom. The predicted molar refractivity (Wildman–Crippen MR) is 70.3 cm³/mol. The van der Waals surface area contributed by atoms with Gasteiger partial charge in [0.25, 0.3) is 0 Å². The van der Waals surface area contributed by atoms with Crippen molar-refractivity contribution in [3.05, 3.63) is 36.5 Å². The highest BCUT2D eigenvalue weighted by molar-refractivity contribution is 5.76. The molecule has 0 bridgehead atoms. The SMILES string of the molecule is O=C(Cn1cncn1)N1CC(Oc2cccc(C(F)(F)F)n2)C1. The van der Waals surface area contributed by atoms with Crippen molar-refractivity contribution < 1.29 is 22.7 Å². The second-order valence-corrected chi connectivity index (χ2v) is 4.99. The maximum atomic E-state index is 12.6. The fraction of sp³-hybridized carbons (Fsp3) is 0.385. The average Bonchev–Trinajstić information content (AvgIpc) is 2.94. The summed E-state index contributed by atoms with van der Waals surface area (Å²) in [7, 11) is 0. The van der Waals surface area contributed by atoms with Crippen LogP contribution >= 0.6 is 0 Å². The third kappa shape index (κ3) is 3.58. The van der Waals surface area contributed by atoms with E-state index >= 15 is 0 Å². The molecule has 1 aliphatic heterocycles. The van der Waals surface area contributed by atoms with Gasteiger partial charge >= 0.3 is 6.18 Å². The number of carbonyl (C=O) groups is 1. The van der Waals surface area contributed by atoms with Crippen LogP contribution in [0, 0.1) is 0 Å². The number of alkyl halides is 3. The van der Waals surface area contributed by atoms with Crippen LogP contribution in [0.1, 0.15) is 5.69 Å². The Morgan fingerprint density at radius 3 is 2.78 bits per heavy atom. The summed E-state index contributed by atoms with van der Waals surface area (Å²) in [4.78, 5) is 20.6. The van der Waals surface area contributed by atoms with Crippen molar-refractivity contribution in [2.24, 2.45) is 0 Å². The van der Waals surface area contributed by atoms with Crippen LogP contribution in [0.2, 0.25) is 0 Å². The van der Waals surface area contributed by atoms with Crippen LogP contribution in [0.4, 0.5) is 13.2 Å². The number of hydrogen-bond acceptors (Lipinski definition) is 5. The van der Waals surface area contributed by atoms with Gasteiger partial charge in [-0.15, -0.1) is 0 Å². The summed E-state index contributed by atoms with van der Waals surface area (Å²) in [5, 5.41) is 3.83. The third-order valence-electron chi connectivity index (χ3n) is 3.27. The molecule has 0 N–H and O–H groups in total. The molecule has 0 atom stereocenters. The number of carbonyl (C=O) groups excluding carboxylic acids is 1. The summed E-state index contributed by atoms with van der Waals surface area (Å²) >= 11 is 0. The van der Waals surface area contributed by atoms with E-state index in [2.05, 4.69) is 15.1 Å². The minimum absolute atomic E-state index is 0.0640. The summed E-state index contributed by atoms with van der Waals surface area (Å²) in [6.07, 6.45) is -2.13. The zero-order valence-electron chi connectivity index (χ0n) is 11.8. The van der Waals surface area contributed by atoms with Crippen LogP contribution in [-0.2, 0) is 17.5 Å². The second kappa shape index (κ2) is 5.86. The first-order chi connectivity index (χ1) is 10.9. The van der Waals surface area contributed by atoms with E-state index < -0.39 is 11.9 Å². The molecule has 3 rings (SSSR count). The summed E-state index contributed by atoms with van der Waals surface area (Å²) in [6.45, 7) is 0.658. The van der Waals surface area contributed by atoms with Crippen LogP contribution in [0.15, 0.2) is 30.9 Å². The summed E-state index contributed by atoms with van der Waals surface area (Å²) in [6, 6.07) is 3.47. The lowest BCUT2D eigenvalue weighted by Gasteiger charge is -2.38. The highest BCUT2D eigenvalue weighted by atomic mass is 19.4. The molecule has 10 heteroatoms. The minimum Gasteiger partial charge on any atom is -0.471 e. The molecule has 0 saturated carbocycles. The Morgan fingerprint density at radius 1 is 1.35 bits per heavy atom. The highest BCUT2D eigenvalue weighted by Crippen LogP contribution is 2.29. The first-order valence-corrected chi connectivity index (χ1v) is 6.73. The fourth-order valence-electron chi connectivity index (χ4n) is 2.08. The molecule has 1 fully saturated rings. The zero-order valence-corrected chi connectivity index (χ0v) is 11.8. The van der Waals surface area contributed by atoms with E-state index in [0.29, 0.717) is 13.1 Å². The average molecular weight is 327 g/mol. The number of hydrogen-bond donors (Lipinski definition) is 0. The third-order valence-corrected chi connectivity index (χ3v) is 3.27. The van der Waals surface area contributed by atoms with Crippen LogP contribution in [-0.4, -0.2) is 49.7 Å². The topological polar surface area (TPSA) is 73.1 Å². The number of likely N-dealkylation sites (tertiary alicyclic amines) is 1. The smallest absolute Gasteiger partial charge is 0.433 e. The van der Waals surface area contributed by atoms with E-state index in [1.54, 1.807) is 0 Å². The summed E-state index contributed by atoms with van der Waals surface area (Å²) in [5.74, 6) is -0.263. The van der Waals surface area contributed by atoms with Gasteiger partial charge in [-0.2, -0.15) is 18.3 Å². The molecule has 7 nitrogen and oxygen atoms in total. The van der Waals surface area contributed by atoms with Gasteiger partial charge in [0.1, 0.15) is 31.0 Å². The van der Waals surface area contributed by atoms with Crippen molar-refractivity contribution in [2.45, 2.75) is 18.8 Å². The normalized spacial score (nSPS) is 15.3. The Bertz CT molecular complexity index is 683. The number of amides is 1. The van der Waals surface area contributed by atoms with Crippen molar-refractivity contribution in [2.75, 3.05) is 13.1 Å². The second-order valence-electron chi connectivity index (χ2n) is 4.99. The van der Waals surface area contributed by atoms with Gasteiger partial charge in [-0.1, -0.05) is 6.07 Å². The number of ether oxygens (including phenoxy) is 1. The largest absolute Gasteiger partial charge is 0.471 e. The zero-order chi connectivity index (χ0) is 16.4. The maximum Gasteiger partial charge on any atom is 0.433 e. The molecule has 0 aliphatic carbocycles. The van der Waals surface area contributed by atoms with Gasteiger partial charge in [0.2, 0.25) is 11.8 Å². The Kier molecular flexibility index (Phi) is 3.89. The van der Waals surface area contributed by atoms with Gasteiger partial charge in [-0.25, -0.2) is 14.6 Å². The molecule has 2 aromatic rings. The molecular formula is C13H12F3N5O2. The molecule has 0 unspecified atom stereocenters. The quantitative estimate of drug-likeness (QED) is 0.837. The number of halogens is 3. The van der Waals surface area contributed by atoms with Crippen molar-refractivity contribution >= 4 is 5.91 Å². The molecular weight excluding hydrogens is 315 g/mol. The van der Waals surface area contributed by atoms with Crippen molar-refractivity contribution in [3.8, 4) is 5.88 Å². The standard InChI is InChI=1S/C13H12F3N5O2/c14-13(15,16)10-2-1-3-11(19-10)23-9-4-20(5-9)12(22)6-21-8-17-7-18-21/h1-3,7-9H,4-6H2. The monoisotopic (exact) mass is 327 g/mol. The molecule has 0 spiro atoms. The van der Waals surface area contributed by atoms with Gasteiger partial charge in [0.05, 0.1) is 13.1 Å². The Hall–Kier alpha value is -2.65. The van der Waals surface area contributed by atoms with E-state index in [1.807, 2.05) is 0 Å². The number of nitrogens with zero attached hydrogens (tertiary/aromatic N) is 5. The molecule has 1 amide bonds. The Balaban J connectivity index is 1.51. The molecule has 122 valence electrons. The van der Waals surface area contributed by atoms with E-state index in [1.165, 1.54) is 34.4 Å². The van der Waals surface area contributed by atoms with Gasteiger partial charge < -0.3 is 9.64 Å². The van der Waals surface area contributed by atoms with Crippen LogP contribution in [0.5, 0.6) is 5.88 Å². The number of aromatic nitrogens is 4. The lowest BCUT2D eigenvalue weighted by molar-refractivity contribution is -0.142. The lowest BCUT2D eigenvalue weighted by Crippen LogP contribution is -2.57. The predicted octanol–water partition coefficient (Wildman–Crippen LogP) is 0.982. The Labute approximate surface area is 128 Å². The number of rotatable bonds is 4. The van der Waals surface area contributed by atoms with Gasteiger partial charge in [-0.3, -0.25) is 4.79 Å². The lowest BCUT2D eigenvalue weighted by atomic mass is 10.1. The van der Waals surface area contributed by atoms with Crippen molar-refractivity contribution in [1.82, 2.24) is 24.6 Å². The maximum absolute atomic E-state index is 12.6.